The minimum Gasteiger partial charge on any atom is -0.497 e. The number of sulfonamides is 1. The summed E-state index contributed by atoms with van der Waals surface area (Å²) in [6.07, 6.45) is 0.746. The van der Waals surface area contributed by atoms with Crippen LogP contribution in [0.1, 0.15) is 12.8 Å². The largest absolute Gasteiger partial charge is 0.497 e. The molecule has 2 heterocycles. The second-order valence-corrected chi connectivity index (χ2v) is 10.6. The second-order valence-electron chi connectivity index (χ2n) is 7.66. The minimum absolute atomic E-state index is 0.0285. The lowest BCUT2D eigenvalue weighted by molar-refractivity contribution is -0.384. The van der Waals surface area contributed by atoms with E-state index in [9.17, 15) is 23.3 Å². The monoisotopic (exact) mass is 490 g/mol. The van der Waals surface area contributed by atoms with Crippen LogP contribution in [0.4, 0.5) is 5.69 Å². The summed E-state index contributed by atoms with van der Waals surface area (Å²) >= 11 is 1.28. The Morgan fingerprint density at radius 2 is 1.85 bits per heavy atom. The van der Waals surface area contributed by atoms with E-state index in [4.69, 9.17) is 4.74 Å². The second kappa shape index (κ2) is 9.04. The lowest BCUT2D eigenvalue weighted by Gasteiger charge is -2.29. The van der Waals surface area contributed by atoms with Gasteiger partial charge < -0.3 is 9.30 Å². The predicted molar refractivity (Wildman–Crippen MR) is 122 cm³/mol. The van der Waals surface area contributed by atoms with Crippen LogP contribution in [0.25, 0.3) is 10.2 Å². The van der Waals surface area contributed by atoms with E-state index < -0.39 is 14.9 Å². The standard InChI is InChI=1S/C21H22N4O6S2/c1-23-18-13-15(25(27)28)3-8-19(18)32-21(23)22-20(26)14-9-11-24(12-10-14)33(29,30)17-6-4-16(31-2)5-7-17/h3-8,13-14H,9-12H2,1-2H3. The SMILES string of the molecule is COc1ccc(S(=O)(=O)N2CCC(C(=O)N=c3sc4ccc([N+](=O)[O-])cc4n3C)CC2)cc1. The zero-order valence-electron chi connectivity index (χ0n) is 18.0. The number of aryl methyl sites for hydroxylation is 1. The van der Waals surface area contributed by atoms with Gasteiger partial charge in [-0.15, -0.1) is 0 Å². The summed E-state index contributed by atoms with van der Waals surface area (Å²) in [4.78, 5) is 28.3. The number of carbonyl (C=O) groups excluding carboxylic acids is 1. The number of amides is 1. The molecule has 1 amide bonds. The molecule has 0 unspecified atom stereocenters. The number of methoxy groups -OCH3 is 1. The highest BCUT2D eigenvalue weighted by atomic mass is 32.2. The van der Waals surface area contributed by atoms with Crippen molar-refractivity contribution in [3.63, 3.8) is 0 Å². The van der Waals surface area contributed by atoms with Gasteiger partial charge in [0.2, 0.25) is 10.0 Å². The lowest BCUT2D eigenvalue weighted by atomic mass is 9.98. The van der Waals surface area contributed by atoms with Crippen LogP contribution in [-0.4, -0.2) is 48.3 Å². The summed E-state index contributed by atoms with van der Waals surface area (Å²) < 4.78 is 34.7. The fraction of sp³-hybridized carbons (Fsp3) is 0.333. The molecular formula is C21H22N4O6S2. The molecule has 174 valence electrons. The molecule has 4 rings (SSSR count). The van der Waals surface area contributed by atoms with Gasteiger partial charge in [-0.2, -0.15) is 9.30 Å². The number of fused-ring (bicyclic) bond motifs is 1. The Bertz CT molecular complexity index is 1380. The maximum atomic E-state index is 12.9. The van der Waals surface area contributed by atoms with E-state index in [0.717, 1.165) is 4.70 Å². The first kappa shape index (κ1) is 23.1. The quantitative estimate of drug-likeness (QED) is 0.400. The molecule has 3 aromatic rings. The molecule has 0 aliphatic carbocycles. The number of piperidine rings is 1. The van der Waals surface area contributed by atoms with Crippen molar-refractivity contribution >= 4 is 43.2 Å². The van der Waals surface area contributed by atoms with Crippen LogP contribution < -0.4 is 9.54 Å². The maximum absolute atomic E-state index is 12.9. The maximum Gasteiger partial charge on any atom is 0.271 e. The summed E-state index contributed by atoms with van der Waals surface area (Å²) in [5.41, 5.74) is 0.598. The molecule has 33 heavy (non-hydrogen) atoms. The number of nitrogens with zero attached hydrogens (tertiary/aromatic N) is 4. The average molecular weight is 491 g/mol. The van der Waals surface area contributed by atoms with Gasteiger partial charge >= 0.3 is 0 Å². The van der Waals surface area contributed by atoms with Crippen molar-refractivity contribution in [2.45, 2.75) is 17.7 Å². The fourth-order valence-electron chi connectivity index (χ4n) is 3.76. The minimum atomic E-state index is -3.65. The Labute approximate surface area is 193 Å². The van der Waals surface area contributed by atoms with Gasteiger partial charge in [0.05, 0.1) is 27.1 Å². The van der Waals surface area contributed by atoms with Gasteiger partial charge in [0, 0.05) is 38.2 Å². The van der Waals surface area contributed by atoms with Gasteiger partial charge in [0.25, 0.3) is 11.6 Å². The van der Waals surface area contributed by atoms with Crippen molar-refractivity contribution in [1.29, 1.82) is 0 Å². The van der Waals surface area contributed by atoms with E-state index in [1.54, 1.807) is 29.8 Å². The third-order valence-corrected chi connectivity index (χ3v) is 8.73. The summed E-state index contributed by atoms with van der Waals surface area (Å²) in [7, 11) is -0.431. The molecule has 1 aliphatic heterocycles. The molecular weight excluding hydrogens is 468 g/mol. The first-order valence-corrected chi connectivity index (χ1v) is 12.4. The molecule has 0 spiro atoms. The molecule has 0 radical (unpaired) electrons. The number of ether oxygens (including phenoxy) is 1. The van der Waals surface area contributed by atoms with Crippen molar-refractivity contribution in [2.24, 2.45) is 18.0 Å². The number of nitro benzene ring substituents is 1. The van der Waals surface area contributed by atoms with E-state index >= 15 is 0 Å². The van der Waals surface area contributed by atoms with Crippen molar-refractivity contribution in [3.8, 4) is 5.75 Å². The van der Waals surface area contributed by atoms with Crippen molar-refractivity contribution in [1.82, 2.24) is 8.87 Å². The van der Waals surface area contributed by atoms with Crippen molar-refractivity contribution < 1.29 is 22.9 Å². The molecule has 0 bridgehead atoms. The van der Waals surface area contributed by atoms with Gasteiger partial charge in [-0.1, -0.05) is 11.3 Å². The van der Waals surface area contributed by atoms with Gasteiger partial charge in [-0.05, 0) is 43.2 Å². The average Bonchev–Trinajstić information content (AvgIpc) is 3.13. The van der Waals surface area contributed by atoms with Crippen LogP contribution in [0, 0.1) is 16.0 Å². The number of carbonyl (C=O) groups is 1. The van der Waals surface area contributed by atoms with Crippen LogP contribution in [0.2, 0.25) is 0 Å². The normalized spacial score (nSPS) is 16.2. The summed E-state index contributed by atoms with van der Waals surface area (Å²) in [5.74, 6) is -0.121. The molecule has 1 aliphatic rings. The van der Waals surface area contributed by atoms with E-state index in [0.29, 0.717) is 28.9 Å². The third-order valence-electron chi connectivity index (χ3n) is 5.71. The highest BCUT2D eigenvalue weighted by molar-refractivity contribution is 7.89. The number of rotatable bonds is 5. The first-order chi connectivity index (χ1) is 15.7. The molecule has 1 aromatic heterocycles. The Kier molecular flexibility index (Phi) is 6.32. The smallest absolute Gasteiger partial charge is 0.271 e. The predicted octanol–water partition coefficient (Wildman–Crippen LogP) is 2.68. The Morgan fingerprint density at radius 1 is 1.18 bits per heavy atom. The lowest BCUT2D eigenvalue weighted by Crippen LogP contribution is -2.40. The Balaban J connectivity index is 1.49. The fourth-order valence-corrected chi connectivity index (χ4v) is 6.23. The number of hydrogen-bond donors (Lipinski definition) is 0. The molecule has 2 aromatic carbocycles. The number of non-ortho nitro benzene ring substituents is 1. The zero-order chi connectivity index (χ0) is 23.8. The molecule has 0 atom stereocenters. The molecule has 1 saturated heterocycles. The zero-order valence-corrected chi connectivity index (χ0v) is 19.6. The van der Waals surface area contributed by atoms with E-state index in [2.05, 4.69) is 4.99 Å². The summed E-state index contributed by atoms with van der Waals surface area (Å²) in [6, 6.07) is 10.7. The van der Waals surface area contributed by atoms with Gasteiger partial charge in [0.15, 0.2) is 4.80 Å². The molecule has 0 N–H and O–H groups in total. The number of hydrogen-bond acceptors (Lipinski definition) is 7. The molecule has 10 nitrogen and oxygen atoms in total. The molecule has 0 saturated carbocycles. The Morgan fingerprint density at radius 3 is 2.45 bits per heavy atom. The number of nitro groups is 1. The van der Waals surface area contributed by atoms with Crippen molar-refractivity contribution in [3.05, 3.63) is 57.4 Å². The molecule has 12 heteroatoms. The van der Waals surface area contributed by atoms with Gasteiger partial charge in [-0.3, -0.25) is 14.9 Å². The van der Waals surface area contributed by atoms with Gasteiger partial charge in [0.1, 0.15) is 5.75 Å². The first-order valence-electron chi connectivity index (χ1n) is 10.2. The van der Waals surface area contributed by atoms with E-state index in [-0.39, 0.29) is 35.5 Å². The summed E-state index contributed by atoms with van der Waals surface area (Å²) in [5, 5.41) is 11.0. The van der Waals surface area contributed by atoms with E-state index in [1.165, 1.54) is 47.0 Å². The van der Waals surface area contributed by atoms with Crippen LogP contribution in [-0.2, 0) is 21.9 Å². The number of aromatic nitrogens is 1. The number of thiazole rings is 1. The third kappa shape index (κ3) is 4.54. The summed E-state index contributed by atoms with van der Waals surface area (Å²) in [6.45, 7) is 0.454. The van der Waals surface area contributed by atoms with Crippen LogP contribution in [0.3, 0.4) is 0 Å². The topological polar surface area (TPSA) is 124 Å². The van der Waals surface area contributed by atoms with Crippen molar-refractivity contribution in [2.75, 3.05) is 20.2 Å². The molecule has 1 fully saturated rings. The van der Waals surface area contributed by atoms with Crippen LogP contribution in [0.15, 0.2) is 52.4 Å². The highest BCUT2D eigenvalue weighted by Crippen LogP contribution is 2.26. The van der Waals surface area contributed by atoms with Crippen LogP contribution in [0.5, 0.6) is 5.75 Å². The van der Waals surface area contributed by atoms with E-state index in [1.807, 2.05) is 0 Å². The van der Waals surface area contributed by atoms with Gasteiger partial charge in [-0.25, -0.2) is 8.42 Å². The number of benzene rings is 2. The Hall–Kier alpha value is -3.09. The van der Waals surface area contributed by atoms with Crippen LogP contribution >= 0.6 is 11.3 Å². The highest BCUT2D eigenvalue weighted by Gasteiger charge is 2.32.